The lowest BCUT2D eigenvalue weighted by atomic mass is 10.1. The molecule has 0 aliphatic rings. The molecule has 1 amide bonds. The summed E-state index contributed by atoms with van der Waals surface area (Å²) in [5, 5.41) is 3.01. The molecule has 0 radical (unpaired) electrons. The van der Waals surface area contributed by atoms with Gasteiger partial charge >= 0.3 is 0 Å². The van der Waals surface area contributed by atoms with E-state index < -0.39 is 0 Å². The van der Waals surface area contributed by atoms with Gasteiger partial charge in [-0.05, 0) is 50.4 Å². The molecule has 0 saturated carbocycles. The molecule has 3 heteroatoms. The Balaban J connectivity index is 2.51. The Hall–Kier alpha value is -1.35. The Morgan fingerprint density at radius 2 is 1.95 bits per heavy atom. The highest BCUT2D eigenvalue weighted by atomic mass is 16.2. The van der Waals surface area contributed by atoms with Gasteiger partial charge in [0.25, 0.3) is 0 Å². The minimum absolute atomic E-state index is 0.0801. The molecule has 1 aromatic carbocycles. The lowest BCUT2D eigenvalue weighted by molar-refractivity contribution is -0.117. The molecule has 0 bridgehead atoms. The summed E-state index contributed by atoms with van der Waals surface area (Å²) in [5.41, 5.74) is 2.02. The van der Waals surface area contributed by atoms with E-state index in [0.29, 0.717) is 12.5 Å². The SMILES string of the molecule is CCCN(CCC(C)C)CC(=O)Nc1ccccc1C. The Kier molecular flexibility index (Phi) is 7.31. The summed E-state index contributed by atoms with van der Waals surface area (Å²) in [6, 6.07) is 7.89. The van der Waals surface area contributed by atoms with Crippen molar-refractivity contribution in [3.8, 4) is 0 Å². The van der Waals surface area contributed by atoms with Crippen LogP contribution in [0.3, 0.4) is 0 Å². The van der Waals surface area contributed by atoms with E-state index in [9.17, 15) is 4.79 Å². The van der Waals surface area contributed by atoms with E-state index in [-0.39, 0.29) is 5.91 Å². The molecule has 0 fully saturated rings. The summed E-state index contributed by atoms with van der Waals surface area (Å²) in [4.78, 5) is 14.4. The van der Waals surface area contributed by atoms with Gasteiger partial charge in [-0.2, -0.15) is 0 Å². The number of hydrogen-bond donors (Lipinski definition) is 1. The molecule has 1 aromatic rings. The van der Waals surface area contributed by atoms with Crippen molar-refractivity contribution in [2.45, 2.75) is 40.5 Å². The van der Waals surface area contributed by atoms with E-state index in [2.05, 4.69) is 31.0 Å². The highest BCUT2D eigenvalue weighted by molar-refractivity contribution is 5.92. The standard InChI is InChI=1S/C17H28N2O/c1-5-11-19(12-10-14(2)3)13-17(20)18-16-9-7-6-8-15(16)4/h6-9,14H,5,10-13H2,1-4H3,(H,18,20). The van der Waals surface area contributed by atoms with E-state index in [4.69, 9.17) is 0 Å². The Bertz CT molecular complexity index is 415. The Morgan fingerprint density at radius 1 is 1.25 bits per heavy atom. The lowest BCUT2D eigenvalue weighted by Crippen LogP contribution is -2.35. The lowest BCUT2D eigenvalue weighted by Gasteiger charge is -2.22. The number of nitrogens with zero attached hydrogens (tertiary/aromatic N) is 1. The maximum absolute atomic E-state index is 12.1. The van der Waals surface area contributed by atoms with Gasteiger partial charge in [-0.25, -0.2) is 0 Å². The first-order chi connectivity index (χ1) is 9.52. The van der Waals surface area contributed by atoms with Crippen LogP contribution in [0.2, 0.25) is 0 Å². The smallest absolute Gasteiger partial charge is 0.238 e. The van der Waals surface area contributed by atoms with Crippen LogP contribution >= 0.6 is 0 Å². The highest BCUT2D eigenvalue weighted by Crippen LogP contribution is 2.13. The summed E-state index contributed by atoms with van der Waals surface area (Å²) in [6.45, 7) is 11.1. The molecule has 112 valence electrons. The number of aryl methyl sites for hydroxylation is 1. The van der Waals surface area contributed by atoms with E-state index in [1.807, 2.05) is 31.2 Å². The maximum atomic E-state index is 12.1. The first-order valence-electron chi connectivity index (χ1n) is 7.60. The molecule has 20 heavy (non-hydrogen) atoms. The average molecular weight is 276 g/mol. The van der Waals surface area contributed by atoms with Crippen molar-refractivity contribution >= 4 is 11.6 Å². The molecular weight excluding hydrogens is 248 g/mol. The number of benzene rings is 1. The van der Waals surface area contributed by atoms with Crippen LogP contribution in [0.5, 0.6) is 0 Å². The second-order valence-electron chi connectivity index (χ2n) is 5.82. The number of carbonyl (C=O) groups is 1. The van der Waals surface area contributed by atoms with Crippen molar-refractivity contribution in [3.63, 3.8) is 0 Å². The number of rotatable bonds is 8. The van der Waals surface area contributed by atoms with Crippen molar-refractivity contribution in [3.05, 3.63) is 29.8 Å². The molecule has 0 aliphatic carbocycles. The van der Waals surface area contributed by atoms with Gasteiger partial charge in [0.1, 0.15) is 0 Å². The van der Waals surface area contributed by atoms with Crippen LogP contribution in [0.15, 0.2) is 24.3 Å². The van der Waals surface area contributed by atoms with Crippen molar-refractivity contribution in [1.29, 1.82) is 0 Å². The quantitative estimate of drug-likeness (QED) is 0.785. The van der Waals surface area contributed by atoms with Crippen molar-refractivity contribution < 1.29 is 4.79 Å². The third-order valence-corrected chi connectivity index (χ3v) is 3.35. The van der Waals surface area contributed by atoms with Crippen LogP contribution in [-0.2, 0) is 4.79 Å². The predicted molar refractivity (Wildman–Crippen MR) is 86.0 cm³/mol. The fourth-order valence-electron chi connectivity index (χ4n) is 2.13. The summed E-state index contributed by atoms with van der Waals surface area (Å²) in [5.74, 6) is 0.755. The highest BCUT2D eigenvalue weighted by Gasteiger charge is 2.11. The summed E-state index contributed by atoms with van der Waals surface area (Å²) in [6.07, 6.45) is 2.22. The minimum atomic E-state index is 0.0801. The number of para-hydroxylation sites is 1. The van der Waals surface area contributed by atoms with Crippen molar-refractivity contribution in [2.75, 3.05) is 25.0 Å². The van der Waals surface area contributed by atoms with Crippen molar-refractivity contribution in [1.82, 2.24) is 4.90 Å². The van der Waals surface area contributed by atoms with E-state index in [0.717, 1.165) is 37.2 Å². The van der Waals surface area contributed by atoms with Gasteiger partial charge in [-0.15, -0.1) is 0 Å². The molecule has 0 unspecified atom stereocenters. The van der Waals surface area contributed by atoms with Crippen LogP contribution in [-0.4, -0.2) is 30.4 Å². The van der Waals surface area contributed by atoms with Gasteiger partial charge in [-0.1, -0.05) is 39.0 Å². The van der Waals surface area contributed by atoms with Crippen LogP contribution < -0.4 is 5.32 Å². The Morgan fingerprint density at radius 3 is 2.55 bits per heavy atom. The zero-order valence-corrected chi connectivity index (χ0v) is 13.3. The molecule has 0 spiro atoms. The number of hydrogen-bond acceptors (Lipinski definition) is 2. The average Bonchev–Trinajstić information content (AvgIpc) is 2.39. The summed E-state index contributed by atoms with van der Waals surface area (Å²) < 4.78 is 0. The molecule has 1 N–H and O–H groups in total. The Labute approximate surface area is 123 Å². The topological polar surface area (TPSA) is 32.3 Å². The zero-order valence-electron chi connectivity index (χ0n) is 13.3. The number of carbonyl (C=O) groups excluding carboxylic acids is 1. The second-order valence-corrected chi connectivity index (χ2v) is 5.82. The van der Waals surface area contributed by atoms with Crippen molar-refractivity contribution in [2.24, 2.45) is 5.92 Å². The van der Waals surface area contributed by atoms with Gasteiger partial charge in [-0.3, -0.25) is 9.69 Å². The fraction of sp³-hybridized carbons (Fsp3) is 0.588. The zero-order chi connectivity index (χ0) is 15.0. The van der Waals surface area contributed by atoms with E-state index in [1.165, 1.54) is 0 Å². The molecule has 1 rings (SSSR count). The van der Waals surface area contributed by atoms with Gasteiger partial charge < -0.3 is 5.32 Å². The van der Waals surface area contributed by atoms with Crippen LogP contribution in [0.1, 0.15) is 39.2 Å². The van der Waals surface area contributed by atoms with Gasteiger partial charge in [0.15, 0.2) is 0 Å². The van der Waals surface area contributed by atoms with Gasteiger partial charge in [0.2, 0.25) is 5.91 Å². The summed E-state index contributed by atoms with van der Waals surface area (Å²) >= 11 is 0. The van der Waals surface area contributed by atoms with Crippen LogP contribution in [0.4, 0.5) is 5.69 Å². The molecule has 0 aliphatic heterocycles. The van der Waals surface area contributed by atoms with Gasteiger partial charge in [0.05, 0.1) is 6.54 Å². The predicted octanol–water partition coefficient (Wildman–Crippen LogP) is 3.69. The molecule has 0 aromatic heterocycles. The number of amides is 1. The number of nitrogens with one attached hydrogen (secondary N) is 1. The molecule has 0 heterocycles. The molecule has 0 saturated heterocycles. The third-order valence-electron chi connectivity index (χ3n) is 3.35. The largest absolute Gasteiger partial charge is 0.325 e. The van der Waals surface area contributed by atoms with E-state index in [1.54, 1.807) is 0 Å². The van der Waals surface area contributed by atoms with Crippen LogP contribution in [0, 0.1) is 12.8 Å². The first kappa shape index (κ1) is 16.7. The maximum Gasteiger partial charge on any atom is 0.238 e. The minimum Gasteiger partial charge on any atom is -0.325 e. The monoisotopic (exact) mass is 276 g/mol. The fourth-order valence-corrected chi connectivity index (χ4v) is 2.13. The second kappa shape index (κ2) is 8.75. The number of anilines is 1. The molecule has 3 nitrogen and oxygen atoms in total. The van der Waals surface area contributed by atoms with Crippen LogP contribution in [0.25, 0.3) is 0 Å². The van der Waals surface area contributed by atoms with Gasteiger partial charge in [0, 0.05) is 5.69 Å². The third kappa shape index (κ3) is 6.20. The summed E-state index contributed by atoms with van der Waals surface area (Å²) in [7, 11) is 0. The first-order valence-corrected chi connectivity index (χ1v) is 7.60. The molecular formula is C17H28N2O. The molecule has 0 atom stereocenters. The normalized spacial score (nSPS) is 11.1. The van der Waals surface area contributed by atoms with E-state index >= 15 is 0 Å².